The Labute approximate surface area is 229 Å². The van der Waals surface area contributed by atoms with Gasteiger partial charge in [-0.1, -0.05) is 48.0 Å². The van der Waals surface area contributed by atoms with E-state index in [1.165, 1.54) is 17.2 Å². The van der Waals surface area contributed by atoms with Crippen LogP contribution in [0.2, 0.25) is 5.02 Å². The molecule has 7 heteroatoms. The SMILES string of the molecule is O=C(O)CC1CC1CSC1c2cc(/C=C/c3ccc4cc(F)c(Cl)cc4n3)ccc2C=Cc2ncccc21. The average molecular weight is 543 g/mol. The third kappa shape index (κ3) is 5.24. The summed E-state index contributed by atoms with van der Waals surface area (Å²) in [5.41, 5.74) is 6.95. The number of thioether (sulfide) groups is 1. The lowest BCUT2D eigenvalue weighted by atomic mass is 9.98. The van der Waals surface area contributed by atoms with Gasteiger partial charge in [0.05, 0.1) is 27.2 Å². The molecule has 2 aromatic carbocycles. The van der Waals surface area contributed by atoms with Crippen LogP contribution in [0.4, 0.5) is 4.39 Å². The summed E-state index contributed by atoms with van der Waals surface area (Å²) in [6.07, 6.45) is 11.2. The lowest BCUT2D eigenvalue weighted by Crippen LogP contribution is -2.04. The van der Waals surface area contributed by atoms with E-state index in [4.69, 9.17) is 16.7 Å². The predicted octanol–water partition coefficient (Wildman–Crippen LogP) is 8.01. The molecule has 38 heavy (non-hydrogen) atoms. The average Bonchev–Trinajstić information content (AvgIpc) is 3.67. The first-order valence-corrected chi connectivity index (χ1v) is 13.9. The van der Waals surface area contributed by atoms with Crippen molar-refractivity contribution in [3.8, 4) is 0 Å². The fraction of sp³-hybridized carbons (Fsp3) is 0.194. The Kier molecular flexibility index (Phi) is 6.76. The van der Waals surface area contributed by atoms with Crippen LogP contribution in [0.5, 0.6) is 0 Å². The molecule has 3 atom stereocenters. The smallest absolute Gasteiger partial charge is 0.303 e. The number of nitrogens with zero attached hydrogens (tertiary/aromatic N) is 2. The first-order valence-electron chi connectivity index (χ1n) is 12.5. The maximum Gasteiger partial charge on any atom is 0.303 e. The number of carbonyl (C=O) groups is 1. The first kappa shape index (κ1) is 24.8. The molecule has 0 bridgehead atoms. The topological polar surface area (TPSA) is 63.1 Å². The number of rotatable bonds is 7. The zero-order valence-electron chi connectivity index (χ0n) is 20.4. The second-order valence-electron chi connectivity index (χ2n) is 9.80. The van der Waals surface area contributed by atoms with Gasteiger partial charge in [0.15, 0.2) is 0 Å². The van der Waals surface area contributed by atoms with Gasteiger partial charge >= 0.3 is 5.97 Å². The van der Waals surface area contributed by atoms with Crippen LogP contribution in [0.1, 0.15) is 51.7 Å². The summed E-state index contributed by atoms with van der Waals surface area (Å²) < 4.78 is 13.8. The molecule has 2 aliphatic carbocycles. The Bertz CT molecular complexity index is 1620. The zero-order chi connectivity index (χ0) is 26.2. The van der Waals surface area contributed by atoms with Crippen LogP contribution in [0.15, 0.2) is 60.8 Å². The van der Waals surface area contributed by atoms with Crippen molar-refractivity contribution >= 4 is 64.5 Å². The van der Waals surface area contributed by atoms with E-state index in [9.17, 15) is 9.18 Å². The third-order valence-electron chi connectivity index (χ3n) is 7.15. The van der Waals surface area contributed by atoms with Crippen molar-refractivity contribution in [1.29, 1.82) is 0 Å². The molecule has 3 unspecified atom stereocenters. The van der Waals surface area contributed by atoms with E-state index in [1.54, 1.807) is 6.07 Å². The Morgan fingerprint density at radius 3 is 2.84 bits per heavy atom. The molecule has 0 spiro atoms. The molecule has 4 nitrogen and oxygen atoms in total. The number of hydrogen-bond acceptors (Lipinski definition) is 4. The van der Waals surface area contributed by atoms with Gasteiger partial charge in [0.25, 0.3) is 0 Å². The molecule has 1 saturated carbocycles. The molecule has 0 aliphatic heterocycles. The van der Waals surface area contributed by atoms with E-state index in [0.29, 0.717) is 16.8 Å². The van der Waals surface area contributed by atoms with E-state index < -0.39 is 11.8 Å². The van der Waals surface area contributed by atoms with Gasteiger partial charge in [-0.2, -0.15) is 0 Å². The molecular weight excluding hydrogens is 519 g/mol. The van der Waals surface area contributed by atoms with Gasteiger partial charge in [0, 0.05) is 18.0 Å². The van der Waals surface area contributed by atoms with Crippen LogP contribution in [0, 0.1) is 17.7 Å². The van der Waals surface area contributed by atoms with E-state index >= 15 is 0 Å². The van der Waals surface area contributed by atoms with Crippen molar-refractivity contribution in [3.63, 3.8) is 0 Å². The van der Waals surface area contributed by atoms with Crippen LogP contribution in [0.3, 0.4) is 0 Å². The Morgan fingerprint density at radius 2 is 1.97 bits per heavy atom. The van der Waals surface area contributed by atoms with E-state index in [-0.39, 0.29) is 22.6 Å². The van der Waals surface area contributed by atoms with Crippen molar-refractivity contribution < 1.29 is 14.3 Å². The zero-order valence-corrected chi connectivity index (χ0v) is 21.9. The Morgan fingerprint density at radius 1 is 1.08 bits per heavy atom. The maximum absolute atomic E-state index is 13.8. The number of fused-ring (bicyclic) bond motifs is 3. The highest BCUT2D eigenvalue weighted by Gasteiger charge is 2.39. The quantitative estimate of drug-likeness (QED) is 0.256. The molecule has 2 heterocycles. The predicted molar refractivity (Wildman–Crippen MR) is 153 cm³/mol. The first-order chi connectivity index (χ1) is 18.4. The van der Waals surface area contributed by atoms with E-state index in [2.05, 4.69) is 46.4 Å². The summed E-state index contributed by atoms with van der Waals surface area (Å²) in [5.74, 6) is 0.479. The summed E-state index contributed by atoms with van der Waals surface area (Å²) in [6, 6.07) is 17.2. The highest BCUT2D eigenvalue weighted by molar-refractivity contribution is 7.99. The van der Waals surface area contributed by atoms with Crippen LogP contribution < -0.4 is 0 Å². The summed E-state index contributed by atoms with van der Waals surface area (Å²) in [4.78, 5) is 20.3. The van der Waals surface area contributed by atoms with Gasteiger partial charge in [-0.05, 0) is 88.7 Å². The number of aliphatic carboxylic acids is 1. The van der Waals surface area contributed by atoms with Gasteiger partial charge in [-0.3, -0.25) is 9.78 Å². The number of benzene rings is 2. The van der Waals surface area contributed by atoms with E-state index in [1.807, 2.05) is 48.3 Å². The fourth-order valence-electron chi connectivity index (χ4n) is 5.00. The number of pyridine rings is 2. The lowest BCUT2D eigenvalue weighted by molar-refractivity contribution is -0.137. The van der Waals surface area contributed by atoms with Crippen LogP contribution in [-0.2, 0) is 4.79 Å². The Balaban J connectivity index is 1.29. The van der Waals surface area contributed by atoms with Gasteiger partial charge in [-0.15, -0.1) is 11.8 Å². The molecule has 6 rings (SSSR count). The third-order valence-corrected chi connectivity index (χ3v) is 8.90. The molecule has 0 saturated heterocycles. The lowest BCUT2D eigenvalue weighted by Gasteiger charge is -2.20. The molecule has 0 amide bonds. The second-order valence-corrected chi connectivity index (χ2v) is 11.3. The number of aromatic nitrogens is 2. The van der Waals surface area contributed by atoms with Crippen molar-refractivity contribution in [2.24, 2.45) is 11.8 Å². The van der Waals surface area contributed by atoms with Crippen molar-refractivity contribution in [2.75, 3.05) is 5.75 Å². The number of carboxylic acid groups (broad SMARTS) is 1. The monoisotopic (exact) mass is 542 g/mol. The minimum atomic E-state index is -0.714. The normalized spacial score (nSPS) is 19.8. The van der Waals surface area contributed by atoms with Crippen molar-refractivity contribution in [2.45, 2.75) is 18.1 Å². The molecule has 4 aromatic rings. The minimum absolute atomic E-state index is 0.0590. The molecular formula is C31H24ClFN2O2S. The molecule has 2 aliphatic rings. The molecule has 2 aromatic heterocycles. The van der Waals surface area contributed by atoms with Gasteiger partial charge < -0.3 is 5.11 Å². The summed E-state index contributed by atoms with van der Waals surface area (Å²) in [5, 5.41) is 10.00. The number of halogens is 2. The molecule has 0 radical (unpaired) electrons. The highest BCUT2D eigenvalue weighted by Crippen LogP contribution is 2.49. The van der Waals surface area contributed by atoms with Crippen molar-refractivity contribution in [1.82, 2.24) is 9.97 Å². The maximum atomic E-state index is 13.8. The molecule has 1 N–H and O–H groups in total. The minimum Gasteiger partial charge on any atom is -0.481 e. The van der Waals surface area contributed by atoms with Crippen molar-refractivity contribution in [3.05, 3.63) is 105 Å². The van der Waals surface area contributed by atoms with Crippen LogP contribution in [0.25, 0.3) is 35.2 Å². The summed E-state index contributed by atoms with van der Waals surface area (Å²) in [7, 11) is 0. The van der Waals surface area contributed by atoms with Gasteiger partial charge in [0.1, 0.15) is 5.82 Å². The van der Waals surface area contributed by atoms with Crippen LogP contribution in [-0.4, -0.2) is 26.8 Å². The largest absolute Gasteiger partial charge is 0.481 e. The Hall–Kier alpha value is -3.48. The van der Waals surface area contributed by atoms with Gasteiger partial charge in [0.2, 0.25) is 0 Å². The number of hydrogen-bond donors (Lipinski definition) is 1. The van der Waals surface area contributed by atoms with Gasteiger partial charge in [-0.25, -0.2) is 9.37 Å². The molecule has 190 valence electrons. The molecule has 1 fully saturated rings. The van der Waals surface area contributed by atoms with Crippen LogP contribution >= 0.6 is 23.4 Å². The second kappa shape index (κ2) is 10.4. The highest BCUT2D eigenvalue weighted by atomic mass is 35.5. The number of carboxylic acids is 1. The fourth-order valence-corrected chi connectivity index (χ4v) is 6.77. The summed E-state index contributed by atoms with van der Waals surface area (Å²) >= 11 is 7.82. The summed E-state index contributed by atoms with van der Waals surface area (Å²) in [6.45, 7) is 0. The standard InChI is InChI=1S/C31H24ClFN2O2S/c32-26-16-29-20(14-27(26)33)6-9-23(35-29)8-4-18-3-5-19-7-10-28-24(2-1-11-34-28)31(25(19)12-18)38-17-22-13-21(22)15-30(36)37/h1-12,14,16,21-22,31H,13,15,17H2,(H,36,37)/b8-4+. The van der Waals surface area contributed by atoms with E-state index in [0.717, 1.165) is 34.7 Å².